The average Bonchev–Trinajstić information content (AvgIpc) is 1.79. The molecule has 7 fully saturated rings. The number of anilines is 6. The van der Waals surface area contributed by atoms with Gasteiger partial charge in [-0.05, 0) is 170 Å². The number of oxime groups is 2. The van der Waals surface area contributed by atoms with Crippen molar-refractivity contribution in [1.82, 2.24) is 0 Å². The van der Waals surface area contributed by atoms with Gasteiger partial charge >= 0.3 is 0 Å². The summed E-state index contributed by atoms with van der Waals surface area (Å²) < 4.78 is 58.3. The molecule has 7 aliphatic heterocycles. The highest BCUT2D eigenvalue weighted by molar-refractivity contribution is 5.87. The molecule has 0 aromatic heterocycles. The van der Waals surface area contributed by atoms with Crippen molar-refractivity contribution < 1.29 is 62.2 Å². The number of hydrogen-bond acceptors (Lipinski definition) is 20. The van der Waals surface area contributed by atoms with Gasteiger partial charge in [0.2, 0.25) is 0 Å². The Morgan fingerprint density at radius 1 is 0.380 bits per heavy atom. The van der Waals surface area contributed by atoms with Crippen molar-refractivity contribution in [3.8, 4) is 34.5 Å². The highest BCUT2D eigenvalue weighted by atomic mass is 19.1. The Hall–Kier alpha value is -8.66. The van der Waals surface area contributed by atoms with E-state index in [1.165, 1.54) is 44.8 Å². The van der Waals surface area contributed by atoms with Gasteiger partial charge in [-0.25, -0.2) is 4.39 Å². The molecular weight excluding hydrogens is 1520 g/mol. The first-order chi connectivity index (χ1) is 57.1. The van der Waals surface area contributed by atoms with Gasteiger partial charge in [0.25, 0.3) is 0 Å². The van der Waals surface area contributed by atoms with E-state index >= 15 is 0 Å². The Labute approximate surface area is 726 Å². The highest BCUT2D eigenvalue weighted by Crippen LogP contribution is 2.43. The number of nitrogens with zero attached hydrogens (tertiary/aromatic N) is 8. The zero-order valence-electron chi connectivity index (χ0n) is 78.6. The van der Waals surface area contributed by atoms with E-state index in [4.69, 9.17) is 47.9 Å². The van der Waals surface area contributed by atoms with E-state index in [-0.39, 0.29) is 44.9 Å². The normalized spacial score (nSPS) is 18.0. The molecule has 13 rings (SSSR count). The van der Waals surface area contributed by atoms with Crippen molar-refractivity contribution in [2.45, 2.75) is 246 Å². The van der Waals surface area contributed by atoms with E-state index in [2.05, 4.69) is 274 Å². The van der Waals surface area contributed by atoms with Crippen molar-refractivity contribution >= 4 is 51.3 Å². The van der Waals surface area contributed by atoms with Crippen LogP contribution >= 0.6 is 0 Å². The number of Topliss-reactive ketones (excluding diaryl/α,β-unsaturated/α-hetero) is 1. The Kier molecular flexibility index (Phi) is 35.2. The molecule has 1 spiro atoms. The van der Waals surface area contributed by atoms with E-state index in [9.17, 15) is 14.3 Å². The van der Waals surface area contributed by atoms with E-state index < -0.39 is 6.17 Å². The lowest BCUT2D eigenvalue weighted by molar-refractivity contribution is -0.169. The lowest BCUT2D eigenvalue weighted by Gasteiger charge is -2.39. The third-order valence-corrected chi connectivity index (χ3v) is 24.2. The predicted octanol–water partition coefficient (Wildman–Crippen LogP) is 20.6. The van der Waals surface area contributed by atoms with E-state index in [0.717, 1.165) is 212 Å². The molecule has 21 heteroatoms. The van der Waals surface area contributed by atoms with Crippen LogP contribution in [0.3, 0.4) is 0 Å². The van der Waals surface area contributed by atoms with E-state index in [1.807, 2.05) is 0 Å². The van der Waals surface area contributed by atoms with Crippen LogP contribution in [0.15, 0.2) is 120 Å². The van der Waals surface area contributed by atoms with Crippen LogP contribution in [-0.2, 0) is 51.6 Å². The number of hydrogen-bond donors (Lipinski definition) is 2. The maximum absolute atomic E-state index is 13.2. The van der Waals surface area contributed by atoms with Crippen LogP contribution in [0.4, 0.5) is 38.5 Å². The summed E-state index contributed by atoms with van der Waals surface area (Å²) in [5.41, 5.74) is 17.2. The van der Waals surface area contributed by atoms with Gasteiger partial charge in [-0.3, -0.25) is 4.79 Å². The van der Waals surface area contributed by atoms with Gasteiger partial charge in [0, 0.05) is 137 Å². The Bertz CT molecular complexity index is 4280. The molecular formula is C100H151FN8O12. The van der Waals surface area contributed by atoms with Crippen LogP contribution in [-0.4, -0.2) is 188 Å². The summed E-state index contributed by atoms with van der Waals surface area (Å²) in [7, 11) is 12.0. The van der Waals surface area contributed by atoms with Crippen LogP contribution in [0, 0.1) is 5.92 Å². The van der Waals surface area contributed by atoms with Gasteiger partial charge in [0.15, 0.2) is 5.79 Å². The average molecular weight is 1680 g/mol. The molecule has 1 unspecified atom stereocenters. The second-order valence-corrected chi connectivity index (χ2v) is 39.2. The summed E-state index contributed by atoms with van der Waals surface area (Å²) in [5.74, 6) is 5.99. The maximum Gasteiger partial charge on any atom is 0.171 e. The Morgan fingerprint density at radius 3 is 0.926 bits per heavy atom. The minimum Gasteiger partial charge on any atom is -0.495 e. The smallest absolute Gasteiger partial charge is 0.171 e. The zero-order valence-corrected chi connectivity index (χ0v) is 78.6. The lowest BCUT2D eigenvalue weighted by Crippen LogP contribution is -2.45. The summed E-state index contributed by atoms with van der Waals surface area (Å²) in [6.45, 7) is 52.0. The van der Waals surface area contributed by atoms with Gasteiger partial charge in [0.05, 0.1) is 101 Å². The van der Waals surface area contributed by atoms with Gasteiger partial charge in [-0.15, -0.1) is 0 Å². The zero-order chi connectivity index (χ0) is 88.8. The van der Waals surface area contributed by atoms with Gasteiger partial charge in [-0.1, -0.05) is 171 Å². The number of aliphatic hydroxyl groups is 1. The Morgan fingerprint density at radius 2 is 0.653 bits per heavy atom. The molecule has 0 radical (unpaired) electrons. The number of rotatable bonds is 14. The number of alkyl halides is 1. The molecule has 0 amide bonds. The first-order valence-electron chi connectivity index (χ1n) is 44.1. The fourth-order valence-corrected chi connectivity index (χ4v) is 16.2. The summed E-state index contributed by atoms with van der Waals surface area (Å²) in [6, 6.07) is 38.8. The van der Waals surface area contributed by atoms with Crippen LogP contribution in [0.25, 0.3) is 0 Å². The number of aliphatic hydroxyl groups excluding tert-OH is 1. The summed E-state index contributed by atoms with van der Waals surface area (Å²) >= 11 is 0. The van der Waals surface area contributed by atoms with Crippen molar-refractivity contribution in [2.75, 3.05) is 178 Å². The fraction of sp³-hybridized carbons (Fsp3) is 0.610. The molecule has 1 atom stereocenters. The summed E-state index contributed by atoms with van der Waals surface area (Å²) in [4.78, 5) is 30.0. The lowest BCUT2D eigenvalue weighted by atomic mass is 9.86. The minimum atomic E-state index is -0.643. The number of carbonyl (C=O) groups is 1. The number of piperidine rings is 6. The first-order valence-corrected chi connectivity index (χ1v) is 44.1. The molecule has 121 heavy (non-hydrogen) atoms. The van der Waals surface area contributed by atoms with Crippen molar-refractivity contribution in [3.05, 3.63) is 143 Å². The number of halogens is 1. The second kappa shape index (κ2) is 43.6. The maximum atomic E-state index is 13.2. The largest absolute Gasteiger partial charge is 0.495 e. The molecule has 6 aromatic carbocycles. The van der Waals surface area contributed by atoms with Crippen molar-refractivity contribution in [1.29, 1.82) is 0 Å². The molecule has 670 valence electrons. The first kappa shape index (κ1) is 97.8. The monoisotopic (exact) mass is 1680 g/mol. The quantitative estimate of drug-likeness (QED) is 0.0774. The van der Waals surface area contributed by atoms with Crippen LogP contribution in [0.5, 0.6) is 34.5 Å². The van der Waals surface area contributed by atoms with Gasteiger partial charge in [-0.2, -0.15) is 0 Å². The highest BCUT2D eigenvalue weighted by Gasteiger charge is 2.41. The molecule has 0 saturated carbocycles. The van der Waals surface area contributed by atoms with Crippen molar-refractivity contribution in [3.63, 3.8) is 0 Å². The van der Waals surface area contributed by atoms with Gasteiger partial charge in [0.1, 0.15) is 53.6 Å². The summed E-state index contributed by atoms with van der Waals surface area (Å²) in [5, 5.41) is 25.6. The SMILES string of the molecule is CON=C1CCN(c2ccc(C(C)(C)C)cc2OC)CC1.COc1cc(C(C)(C)C)ccc1N1CCC(=NO)CC1.COc1cc(C(C)(C)C)ccc1N1CCC(=O)CC1.COc1cc(C(C)(C)C)ccc1N1CCC(F)CC1.COc1cc(C(C)(C)C)ccc1N1CCC2(CC1)OCCO2.COc1cc(C(C)(C)C)ccc1N1CCCC(CO)C1. The third kappa shape index (κ3) is 27.7. The standard InChI is InChI=1S/C18H27NO3.C17H26N2O2.C17H27NO2.C16H24FNO.C16H24N2O2.C16H23NO2/c1-17(2,3)14-5-6-15(16(13-14)20-4)19-9-7-18(8-10-19)21-11-12-22-18;1-17(2,3)13-6-7-15(16(12-13)20-4)19-10-8-14(9-11-19)18-21-5;1-17(2,3)14-7-8-15(16(10-14)20-4)18-9-5-6-13(11-18)12-19;1-16(2,3)12-5-6-14(15(11-12)19-4)18-9-7-13(17)8-10-18;1-16(2,3)12-5-6-14(15(11-12)20-4)18-9-7-13(17-19)8-10-18;1-16(2,3)12-5-6-14(15(11-12)19-4)17-9-7-13(18)8-10-17/h5-6,13H,7-12H2,1-4H3;6-7,12H,8-11H2,1-5H3;7-8,10,13,19H,5-6,9,11-12H2,1-4H3;5-6,11,13H,7-10H2,1-4H3;5-6,11,19H,7-10H2,1-4H3;5-6,11H,7-10H2,1-4H3. The second-order valence-electron chi connectivity index (χ2n) is 39.2. The molecule has 7 saturated heterocycles. The molecule has 0 aliphatic carbocycles. The van der Waals surface area contributed by atoms with Crippen molar-refractivity contribution in [2.24, 2.45) is 16.2 Å². The summed E-state index contributed by atoms with van der Waals surface area (Å²) in [6.07, 6.45) is 9.45. The van der Waals surface area contributed by atoms with Crippen LogP contribution < -0.4 is 57.8 Å². The number of ketones is 1. The van der Waals surface area contributed by atoms with E-state index in [0.29, 0.717) is 37.4 Å². The van der Waals surface area contributed by atoms with Gasteiger partial charge < -0.3 is 82.4 Å². The number of carbonyl (C=O) groups excluding carboxylic acids is 1. The fourth-order valence-electron chi connectivity index (χ4n) is 16.2. The molecule has 7 heterocycles. The molecule has 2 N–H and O–H groups in total. The number of ether oxygens (including phenoxy) is 8. The molecule has 0 bridgehead atoms. The topological polar surface area (TPSA) is 185 Å². The molecule has 6 aromatic rings. The van der Waals surface area contributed by atoms with Crippen LogP contribution in [0.1, 0.15) is 235 Å². The van der Waals surface area contributed by atoms with E-state index in [1.54, 1.807) is 49.8 Å². The third-order valence-electron chi connectivity index (χ3n) is 24.2. The number of benzene rings is 6. The number of methoxy groups -OCH3 is 6. The Balaban J connectivity index is 0.000000181. The predicted molar refractivity (Wildman–Crippen MR) is 498 cm³/mol. The molecule has 7 aliphatic rings. The molecule has 20 nitrogen and oxygen atoms in total. The van der Waals surface area contributed by atoms with Crippen LogP contribution in [0.2, 0.25) is 0 Å². The minimum absolute atomic E-state index is 0.109.